The number of carbonyl (C=O) groups excluding carboxylic acids is 1. The van der Waals surface area contributed by atoms with Crippen molar-refractivity contribution in [3.8, 4) is 0 Å². The Kier molecular flexibility index (Phi) is 3.65. The van der Waals surface area contributed by atoms with Crippen LogP contribution < -0.4 is 5.32 Å². The van der Waals surface area contributed by atoms with E-state index in [1.54, 1.807) is 6.07 Å². The first-order valence-corrected chi connectivity index (χ1v) is 7.11. The van der Waals surface area contributed by atoms with Gasteiger partial charge in [0.2, 0.25) is 0 Å². The number of fused-ring (bicyclic) bond motifs is 1. The zero-order valence-corrected chi connectivity index (χ0v) is 11.6. The summed E-state index contributed by atoms with van der Waals surface area (Å²) in [4.78, 5) is 25.3. The van der Waals surface area contributed by atoms with Gasteiger partial charge in [-0.3, -0.25) is 4.79 Å². The lowest BCUT2D eigenvalue weighted by Gasteiger charge is -2.25. The molecule has 3 rings (SSSR count). The number of amides is 1. The number of rotatable bonds is 2. The predicted octanol–water partition coefficient (Wildman–Crippen LogP) is -0.00770. The average molecular weight is 290 g/mol. The lowest BCUT2D eigenvalue weighted by atomic mass is 9.94. The molecular weight excluding hydrogens is 272 g/mol. The maximum atomic E-state index is 12.7. The number of aliphatic hydroxyl groups is 1. The molecule has 1 fully saturated rings. The van der Waals surface area contributed by atoms with Crippen LogP contribution in [-0.4, -0.2) is 52.2 Å². The molecule has 1 amide bonds. The predicted molar refractivity (Wildman–Crippen MR) is 74.9 cm³/mol. The van der Waals surface area contributed by atoms with Crippen LogP contribution in [0.2, 0.25) is 0 Å². The van der Waals surface area contributed by atoms with Crippen molar-refractivity contribution in [2.24, 2.45) is 0 Å². The zero-order valence-electron chi connectivity index (χ0n) is 11.6. The number of hydrogen-bond acceptors (Lipinski definition) is 4. The molecule has 0 aliphatic carbocycles. The summed E-state index contributed by atoms with van der Waals surface area (Å²) < 4.78 is 0. The molecular formula is C15H18N2O4. The highest BCUT2D eigenvalue weighted by Crippen LogP contribution is 2.25. The minimum atomic E-state index is -1.06. The van der Waals surface area contributed by atoms with Crippen LogP contribution in [0.5, 0.6) is 0 Å². The highest BCUT2D eigenvalue weighted by atomic mass is 16.4. The minimum absolute atomic E-state index is 0.0811. The van der Waals surface area contributed by atoms with Gasteiger partial charge in [0.15, 0.2) is 0 Å². The highest BCUT2D eigenvalue weighted by Gasteiger charge is 2.39. The van der Waals surface area contributed by atoms with Gasteiger partial charge in [0.05, 0.1) is 6.10 Å². The van der Waals surface area contributed by atoms with Crippen molar-refractivity contribution in [1.82, 2.24) is 10.2 Å². The van der Waals surface area contributed by atoms with Gasteiger partial charge in [-0.1, -0.05) is 12.1 Å². The van der Waals surface area contributed by atoms with Crippen molar-refractivity contribution in [2.75, 3.05) is 13.1 Å². The standard InChI is InChI=1S/C15H18N2O4/c18-10-6-13(15(20)21)17(8-10)14(19)12-3-1-2-9-7-16-5-4-11(9)12/h1-3,10,13,16,18H,4-8H2,(H,20,21)/t10-,13-/m0/s1. The van der Waals surface area contributed by atoms with E-state index in [2.05, 4.69) is 5.32 Å². The number of hydrogen-bond donors (Lipinski definition) is 3. The van der Waals surface area contributed by atoms with Gasteiger partial charge in [-0.15, -0.1) is 0 Å². The van der Waals surface area contributed by atoms with E-state index in [-0.39, 0.29) is 18.9 Å². The molecule has 112 valence electrons. The fraction of sp³-hybridized carbons (Fsp3) is 0.467. The Morgan fingerprint density at radius 2 is 2.14 bits per heavy atom. The first-order valence-electron chi connectivity index (χ1n) is 7.11. The van der Waals surface area contributed by atoms with Crippen molar-refractivity contribution in [1.29, 1.82) is 0 Å². The number of nitrogens with zero attached hydrogens (tertiary/aromatic N) is 1. The first kappa shape index (κ1) is 14.0. The van der Waals surface area contributed by atoms with E-state index in [1.165, 1.54) is 4.90 Å². The van der Waals surface area contributed by atoms with E-state index in [0.29, 0.717) is 5.56 Å². The molecule has 0 saturated carbocycles. The first-order chi connectivity index (χ1) is 10.1. The van der Waals surface area contributed by atoms with Gasteiger partial charge in [0.25, 0.3) is 5.91 Å². The smallest absolute Gasteiger partial charge is 0.326 e. The maximum Gasteiger partial charge on any atom is 0.326 e. The van der Waals surface area contributed by atoms with E-state index < -0.39 is 18.1 Å². The molecule has 2 aliphatic rings. The van der Waals surface area contributed by atoms with Crippen molar-refractivity contribution < 1.29 is 19.8 Å². The van der Waals surface area contributed by atoms with Crippen molar-refractivity contribution in [2.45, 2.75) is 31.5 Å². The van der Waals surface area contributed by atoms with Crippen molar-refractivity contribution in [3.63, 3.8) is 0 Å². The molecule has 2 heterocycles. The summed E-state index contributed by atoms with van der Waals surface area (Å²) >= 11 is 0. The second kappa shape index (κ2) is 5.46. The second-order valence-electron chi connectivity index (χ2n) is 5.57. The van der Waals surface area contributed by atoms with Gasteiger partial charge < -0.3 is 20.4 Å². The summed E-state index contributed by atoms with van der Waals surface area (Å²) in [7, 11) is 0. The molecule has 0 aromatic heterocycles. The van der Waals surface area contributed by atoms with E-state index in [9.17, 15) is 19.8 Å². The van der Waals surface area contributed by atoms with Crippen LogP contribution >= 0.6 is 0 Å². The molecule has 21 heavy (non-hydrogen) atoms. The number of benzene rings is 1. The van der Waals surface area contributed by atoms with Crippen LogP contribution in [0.4, 0.5) is 0 Å². The van der Waals surface area contributed by atoms with Gasteiger partial charge >= 0.3 is 5.97 Å². The quantitative estimate of drug-likeness (QED) is 0.713. The third-order valence-corrected chi connectivity index (χ3v) is 4.20. The van der Waals surface area contributed by atoms with Gasteiger partial charge in [0.1, 0.15) is 6.04 Å². The van der Waals surface area contributed by atoms with E-state index in [0.717, 1.165) is 30.6 Å². The van der Waals surface area contributed by atoms with Crippen molar-refractivity contribution in [3.05, 3.63) is 34.9 Å². The summed E-state index contributed by atoms with van der Waals surface area (Å²) in [6, 6.07) is 4.61. The fourth-order valence-corrected chi connectivity index (χ4v) is 3.16. The Bertz CT molecular complexity index is 587. The van der Waals surface area contributed by atoms with Gasteiger partial charge in [-0.25, -0.2) is 4.79 Å². The number of nitrogens with one attached hydrogen (secondary N) is 1. The third kappa shape index (κ3) is 2.52. The molecule has 1 saturated heterocycles. The molecule has 0 unspecified atom stereocenters. The molecule has 1 aromatic carbocycles. The molecule has 0 spiro atoms. The topological polar surface area (TPSA) is 89.9 Å². The summed E-state index contributed by atoms with van der Waals surface area (Å²) in [6.07, 6.45) is 0.0829. The lowest BCUT2D eigenvalue weighted by Crippen LogP contribution is -2.41. The van der Waals surface area contributed by atoms with E-state index in [1.807, 2.05) is 12.1 Å². The van der Waals surface area contributed by atoms with Gasteiger partial charge in [-0.05, 0) is 30.2 Å². The monoisotopic (exact) mass is 290 g/mol. The van der Waals surface area contributed by atoms with Gasteiger partial charge in [0, 0.05) is 25.1 Å². The van der Waals surface area contributed by atoms with Crippen molar-refractivity contribution >= 4 is 11.9 Å². The second-order valence-corrected chi connectivity index (χ2v) is 5.57. The Balaban J connectivity index is 1.93. The molecule has 2 aliphatic heterocycles. The van der Waals surface area contributed by atoms with Gasteiger partial charge in [-0.2, -0.15) is 0 Å². The van der Waals surface area contributed by atoms with Crippen LogP contribution in [0.15, 0.2) is 18.2 Å². The Morgan fingerprint density at radius 1 is 1.33 bits per heavy atom. The summed E-state index contributed by atoms with van der Waals surface area (Å²) in [5.41, 5.74) is 2.64. The molecule has 2 atom stereocenters. The number of carboxylic acid groups (broad SMARTS) is 1. The van der Waals surface area contributed by atoms with Crippen LogP contribution in [0.25, 0.3) is 0 Å². The maximum absolute atomic E-state index is 12.7. The number of aliphatic hydroxyl groups excluding tert-OH is 1. The Morgan fingerprint density at radius 3 is 2.90 bits per heavy atom. The Labute approximate surface area is 122 Å². The normalized spacial score (nSPS) is 24.7. The molecule has 0 radical (unpaired) electrons. The fourth-order valence-electron chi connectivity index (χ4n) is 3.16. The number of carboxylic acids is 1. The lowest BCUT2D eigenvalue weighted by molar-refractivity contribution is -0.141. The molecule has 0 bridgehead atoms. The molecule has 1 aromatic rings. The van der Waals surface area contributed by atoms with Crippen LogP contribution in [0.1, 0.15) is 27.9 Å². The molecule has 6 heteroatoms. The minimum Gasteiger partial charge on any atom is -0.480 e. The summed E-state index contributed by atoms with van der Waals surface area (Å²) in [5.74, 6) is -1.36. The number of β-amino-alcohol motifs (C(OH)–C–C–N with tert-alkyl or cyclic N) is 1. The number of likely N-dealkylation sites (tertiary alicyclic amines) is 1. The SMILES string of the molecule is O=C(O)[C@@H]1C[C@H](O)CN1C(=O)c1cccc2c1CCNC2. The number of carbonyl (C=O) groups is 2. The van der Waals surface area contributed by atoms with Crippen LogP contribution in [-0.2, 0) is 17.8 Å². The average Bonchev–Trinajstić information content (AvgIpc) is 2.88. The Hall–Kier alpha value is -1.92. The molecule has 3 N–H and O–H groups in total. The number of aliphatic carboxylic acids is 1. The zero-order chi connectivity index (χ0) is 15.0. The summed E-state index contributed by atoms with van der Waals surface area (Å²) in [5, 5.41) is 22.2. The third-order valence-electron chi connectivity index (χ3n) is 4.20. The van der Waals surface area contributed by atoms with E-state index in [4.69, 9.17) is 0 Å². The largest absolute Gasteiger partial charge is 0.480 e. The van der Waals surface area contributed by atoms with E-state index >= 15 is 0 Å². The van der Waals surface area contributed by atoms with Crippen LogP contribution in [0, 0.1) is 0 Å². The highest BCUT2D eigenvalue weighted by molar-refractivity contribution is 5.98. The molecule has 6 nitrogen and oxygen atoms in total. The summed E-state index contributed by atoms with van der Waals surface area (Å²) in [6.45, 7) is 1.61. The van der Waals surface area contributed by atoms with Crippen LogP contribution in [0.3, 0.4) is 0 Å².